The molecule has 38 heavy (non-hydrogen) atoms. The summed E-state index contributed by atoms with van der Waals surface area (Å²) in [6, 6.07) is 10.4. The van der Waals surface area contributed by atoms with E-state index in [-0.39, 0.29) is 24.2 Å². The smallest absolute Gasteiger partial charge is 0.337 e. The number of para-hydroxylation sites is 1. The molecular weight excluding hydrogens is 496 g/mol. The molecule has 204 valence electrons. The zero-order valence-electron chi connectivity index (χ0n) is 21.4. The number of carboxylic acids is 2. The Hall–Kier alpha value is -4.61. The third kappa shape index (κ3) is 7.95. The van der Waals surface area contributed by atoms with Gasteiger partial charge in [-0.3, -0.25) is 19.3 Å². The quantitative estimate of drug-likeness (QED) is 0.335. The highest BCUT2D eigenvalue weighted by atomic mass is 16.5. The van der Waals surface area contributed by atoms with E-state index in [1.54, 1.807) is 12.1 Å². The first kappa shape index (κ1) is 29.6. The van der Waals surface area contributed by atoms with Crippen molar-refractivity contribution in [1.82, 2.24) is 15.5 Å². The van der Waals surface area contributed by atoms with Crippen LogP contribution in [-0.2, 0) is 20.8 Å². The highest BCUT2D eigenvalue weighted by Gasteiger charge is 2.35. The number of aliphatic carboxylic acids is 1. The molecule has 3 rings (SSSR count). The van der Waals surface area contributed by atoms with Gasteiger partial charge in [-0.25, -0.2) is 9.59 Å². The van der Waals surface area contributed by atoms with Crippen LogP contribution in [0, 0.1) is 5.92 Å². The minimum atomic E-state index is -1.15. The van der Waals surface area contributed by atoms with Gasteiger partial charge in [-0.05, 0) is 42.2 Å². The van der Waals surface area contributed by atoms with Crippen molar-refractivity contribution in [3.8, 4) is 5.75 Å². The molecule has 2 aromatic carbocycles. The van der Waals surface area contributed by atoms with Crippen LogP contribution in [0.1, 0.15) is 47.8 Å². The van der Waals surface area contributed by atoms with E-state index in [0.717, 1.165) is 17.4 Å². The Morgan fingerprint density at radius 3 is 2.42 bits per heavy atom. The average molecular weight is 529 g/mol. The molecule has 0 saturated carbocycles. The summed E-state index contributed by atoms with van der Waals surface area (Å²) < 4.78 is 5.36. The molecule has 1 aliphatic rings. The molecule has 0 aromatic heterocycles. The zero-order valence-corrected chi connectivity index (χ0v) is 21.4. The minimum Gasteiger partial charge on any atom is -0.496 e. The van der Waals surface area contributed by atoms with Gasteiger partial charge in [0.25, 0.3) is 5.97 Å². The molecule has 1 fully saturated rings. The number of nitrogens with two attached hydrogens (primary N) is 1. The van der Waals surface area contributed by atoms with Gasteiger partial charge >= 0.3 is 12.0 Å². The number of rotatable bonds is 7. The first-order chi connectivity index (χ1) is 18.0. The highest BCUT2D eigenvalue weighted by Crippen LogP contribution is 2.25. The molecule has 0 bridgehead atoms. The topological polar surface area (TPSA) is 188 Å². The van der Waals surface area contributed by atoms with Crippen molar-refractivity contribution in [3.05, 3.63) is 59.2 Å². The number of benzene rings is 2. The molecule has 2 atom stereocenters. The number of amides is 4. The number of carboxylic acid groups (broad SMARTS) is 2. The van der Waals surface area contributed by atoms with E-state index in [0.29, 0.717) is 17.7 Å². The summed E-state index contributed by atoms with van der Waals surface area (Å²) in [6.45, 7) is 2.61. The largest absolute Gasteiger partial charge is 0.496 e. The fourth-order valence-corrected chi connectivity index (χ4v) is 3.93. The van der Waals surface area contributed by atoms with Crippen molar-refractivity contribution < 1.29 is 38.9 Å². The summed E-state index contributed by atoms with van der Waals surface area (Å²) in [7, 11) is 1.54. The molecule has 0 aliphatic carbocycles. The molecule has 4 amide bonds. The molecule has 12 nitrogen and oxygen atoms in total. The van der Waals surface area contributed by atoms with Gasteiger partial charge in [0, 0.05) is 19.2 Å². The minimum absolute atomic E-state index is 0.0384. The lowest BCUT2D eigenvalue weighted by Gasteiger charge is -2.25. The number of ether oxygens (including phenoxy) is 1. The number of methoxy groups -OCH3 is 1. The summed E-state index contributed by atoms with van der Waals surface area (Å²) in [4.78, 5) is 59.7. The molecule has 6 N–H and O–H groups in total. The molecule has 2 aromatic rings. The number of carbonyl (C=O) groups is 5. The van der Waals surface area contributed by atoms with Crippen LogP contribution in [0.25, 0.3) is 0 Å². The highest BCUT2D eigenvalue weighted by molar-refractivity contribution is 6.01. The van der Waals surface area contributed by atoms with E-state index >= 15 is 0 Å². The zero-order chi connectivity index (χ0) is 28.4. The van der Waals surface area contributed by atoms with E-state index in [2.05, 4.69) is 10.6 Å². The number of aromatic carboxylic acids is 1. The Morgan fingerprint density at radius 1 is 1.18 bits per heavy atom. The second kappa shape index (κ2) is 13.6. The molecule has 12 heteroatoms. The number of hydrogen-bond acceptors (Lipinski definition) is 7. The number of urea groups is 1. The Bertz CT molecular complexity index is 1200. The Balaban J connectivity index is 0.00000118. The van der Waals surface area contributed by atoms with Crippen LogP contribution in [0.3, 0.4) is 0 Å². The standard InChI is InChI=1S/C24H28N4O6.C2H4O2/c1-3-19(14-8-9-17(23(31)32)18(25)11-14)27-24(33)28-13-21(29)26-12-16(22(28)30)10-15-6-4-5-7-20(15)34-2;1-2(3)4/h4-9,11,16,19H,3,10,12-13,25H2,1-2H3,(H,26,29)(H,27,33)(H,31,32);1H3,(H,3,4)/t16-,19+;/m0./s1. The van der Waals surface area contributed by atoms with E-state index < -0.39 is 48.3 Å². The van der Waals surface area contributed by atoms with Gasteiger partial charge in [-0.15, -0.1) is 0 Å². The molecule has 1 aliphatic heterocycles. The number of nitrogens with zero attached hydrogens (tertiary/aromatic N) is 1. The number of hydrogen-bond donors (Lipinski definition) is 5. The van der Waals surface area contributed by atoms with E-state index in [9.17, 15) is 24.3 Å². The number of nitrogens with one attached hydrogen (secondary N) is 2. The number of anilines is 1. The Labute approximate surface area is 219 Å². The van der Waals surface area contributed by atoms with Crippen LogP contribution in [0.4, 0.5) is 10.5 Å². The van der Waals surface area contributed by atoms with Crippen molar-refractivity contribution in [3.63, 3.8) is 0 Å². The van der Waals surface area contributed by atoms with Crippen LogP contribution in [-0.4, -0.2) is 65.1 Å². The lowest BCUT2D eigenvalue weighted by atomic mass is 9.97. The summed E-state index contributed by atoms with van der Waals surface area (Å²) in [5.74, 6) is -2.93. The second-order valence-electron chi connectivity index (χ2n) is 8.52. The van der Waals surface area contributed by atoms with Crippen LogP contribution in [0.2, 0.25) is 0 Å². The molecule has 0 unspecified atom stereocenters. The van der Waals surface area contributed by atoms with Crippen molar-refractivity contribution in [2.75, 3.05) is 25.9 Å². The maximum atomic E-state index is 13.3. The van der Waals surface area contributed by atoms with Crippen LogP contribution in [0.15, 0.2) is 42.5 Å². The van der Waals surface area contributed by atoms with E-state index in [4.69, 9.17) is 20.4 Å². The van der Waals surface area contributed by atoms with Crippen LogP contribution in [0.5, 0.6) is 5.75 Å². The number of nitrogen functional groups attached to an aromatic ring is 1. The first-order valence-corrected chi connectivity index (χ1v) is 11.8. The van der Waals surface area contributed by atoms with Crippen molar-refractivity contribution in [1.29, 1.82) is 0 Å². The lowest BCUT2D eigenvalue weighted by molar-refractivity contribution is -0.134. The summed E-state index contributed by atoms with van der Waals surface area (Å²) >= 11 is 0. The maximum absolute atomic E-state index is 13.3. The fraction of sp³-hybridized carbons (Fsp3) is 0.346. The number of carbonyl (C=O) groups excluding carboxylic acids is 3. The van der Waals surface area contributed by atoms with Gasteiger partial charge in [0.1, 0.15) is 12.3 Å². The van der Waals surface area contributed by atoms with Gasteiger partial charge in [0.15, 0.2) is 0 Å². The molecule has 0 spiro atoms. The van der Waals surface area contributed by atoms with Gasteiger partial charge in [-0.1, -0.05) is 31.2 Å². The maximum Gasteiger partial charge on any atom is 0.337 e. The van der Waals surface area contributed by atoms with Crippen LogP contribution < -0.4 is 21.1 Å². The van der Waals surface area contributed by atoms with E-state index in [1.165, 1.54) is 19.2 Å². The third-order valence-electron chi connectivity index (χ3n) is 5.78. The third-order valence-corrected chi connectivity index (χ3v) is 5.78. The average Bonchev–Trinajstić information content (AvgIpc) is 3.00. The summed E-state index contributed by atoms with van der Waals surface area (Å²) in [5, 5.41) is 22.1. The van der Waals surface area contributed by atoms with Crippen molar-refractivity contribution in [2.45, 2.75) is 32.7 Å². The molecular formula is C26H32N4O8. The number of imide groups is 1. The molecule has 1 saturated heterocycles. The summed E-state index contributed by atoms with van der Waals surface area (Å²) in [5.41, 5.74) is 7.26. The van der Waals surface area contributed by atoms with Crippen molar-refractivity contribution in [2.24, 2.45) is 5.92 Å². The van der Waals surface area contributed by atoms with Crippen LogP contribution >= 0.6 is 0 Å². The molecule has 1 heterocycles. The second-order valence-corrected chi connectivity index (χ2v) is 8.52. The SMILES string of the molecule is CC(=O)O.CC[C@@H](NC(=O)N1CC(=O)NC[C@H](Cc2ccccc2OC)C1=O)c1ccc(C(=O)O)c(N)c1. The van der Waals surface area contributed by atoms with Gasteiger partial charge in [0.2, 0.25) is 11.8 Å². The Morgan fingerprint density at radius 2 is 1.84 bits per heavy atom. The van der Waals surface area contributed by atoms with Gasteiger partial charge in [0.05, 0.1) is 24.6 Å². The normalized spacial score (nSPS) is 15.8. The Kier molecular flexibility index (Phi) is 10.6. The predicted octanol–water partition coefficient (Wildman–Crippen LogP) is 2.04. The van der Waals surface area contributed by atoms with Crippen molar-refractivity contribution >= 4 is 35.5 Å². The van der Waals surface area contributed by atoms with Gasteiger partial charge < -0.3 is 31.3 Å². The molecule has 0 radical (unpaired) electrons. The monoisotopic (exact) mass is 528 g/mol. The van der Waals surface area contributed by atoms with E-state index in [1.807, 2.05) is 25.1 Å². The summed E-state index contributed by atoms with van der Waals surface area (Å²) in [6.07, 6.45) is 0.744. The fourth-order valence-electron chi connectivity index (χ4n) is 3.93. The first-order valence-electron chi connectivity index (χ1n) is 11.8. The lowest BCUT2D eigenvalue weighted by Crippen LogP contribution is -2.48. The predicted molar refractivity (Wildman–Crippen MR) is 138 cm³/mol. The van der Waals surface area contributed by atoms with Gasteiger partial charge in [-0.2, -0.15) is 0 Å².